The monoisotopic (exact) mass is 460 g/mol. The van der Waals surface area contributed by atoms with Crippen LogP contribution in [0.1, 0.15) is 40.7 Å². The zero-order valence-corrected chi connectivity index (χ0v) is 18.6. The third kappa shape index (κ3) is 5.04. The maximum Gasteiger partial charge on any atom is 0.292 e. The number of nitrogen functional groups attached to an aromatic ring is 1. The van der Waals surface area contributed by atoms with Crippen LogP contribution in [0.15, 0.2) is 65.8 Å². The Balaban J connectivity index is 1.37. The first kappa shape index (κ1) is 22.5. The second-order valence-electron chi connectivity index (χ2n) is 7.38. The van der Waals surface area contributed by atoms with Crippen molar-refractivity contribution in [1.29, 1.82) is 0 Å². The first-order valence-corrected chi connectivity index (χ1v) is 10.6. The number of nitrogens with one attached hydrogen (secondary N) is 2. The summed E-state index contributed by atoms with van der Waals surface area (Å²) in [5.41, 5.74) is 14.2. The van der Waals surface area contributed by atoms with Gasteiger partial charge in [0.1, 0.15) is 12.4 Å². The Bertz CT molecular complexity index is 1270. The predicted molar refractivity (Wildman–Crippen MR) is 124 cm³/mol. The molecule has 11 nitrogen and oxygen atoms in total. The van der Waals surface area contributed by atoms with Crippen molar-refractivity contribution in [1.82, 2.24) is 36.2 Å². The van der Waals surface area contributed by atoms with Crippen molar-refractivity contribution in [2.75, 3.05) is 5.73 Å². The molecule has 0 atom stereocenters. The number of anilines is 1. The summed E-state index contributed by atoms with van der Waals surface area (Å²) in [4.78, 5) is 12.8. The Morgan fingerprint density at radius 2 is 1.88 bits per heavy atom. The highest BCUT2D eigenvalue weighted by molar-refractivity contribution is 5.93. The number of nitrogens with zero attached hydrogens (tertiary/aromatic N) is 5. The number of amides is 1. The van der Waals surface area contributed by atoms with Gasteiger partial charge >= 0.3 is 0 Å². The van der Waals surface area contributed by atoms with Crippen LogP contribution in [-0.2, 0) is 13.0 Å². The first-order chi connectivity index (χ1) is 16.6. The number of hydrazine groups is 1. The van der Waals surface area contributed by atoms with Crippen molar-refractivity contribution in [3.8, 4) is 11.6 Å². The van der Waals surface area contributed by atoms with Crippen LogP contribution in [0, 0.1) is 0 Å². The van der Waals surface area contributed by atoms with E-state index in [1.54, 1.807) is 0 Å². The van der Waals surface area contributed by atoms with Crippen molar-refractivity contribution in [3.05, 3.63) is 83.7 Å². The standard InChI is InChI=1S/C23H24N8O3/c1-3-7-19-20(26-30-31(19)22-21(24)28-34-29-22)23(32)27-25-15(2)17-10-12-18(13-11-17)33-14-16-8-5-4-6-9-16/h4-6,8-13,25H,2-3,7,14H2,1H3,(H2,24,28)(H,27,32). The Hall–Kier alpha value is -4.67. The number of ether oxygens (including phenoxy) is 1. The van der Waals surface area contributed by atoms with Gasteiger partial charge in [0.15, 0.2) is 5.69 Å². The van der Waals surface area contributed by atoms with Crippen LogP contribution in [0.25, 0.3) is 11.5 Å². The smallest absolute Gasteiger partial charge is 0.292 e. The summed E-state index contributed by atoms with van der Waals surface area (Å²) >= 11 is 0. The van der Waals surface area contributed by atoms with Crippen molar-refractivity contribution in [2.24, 2.45) is 0 Å². The Morgan fingerprint density at radius 3 is 2.56 bits per heavy atom. The minimum atomic E-state index is -0.478. The second-order valence-corrected chi connectivity index (χ2v) is 7.38. The minimum absolute atomic E-state index is 0.0527. The second kappa shape index (κ2) is 10.3. The van der Waals surface area contributed by atoms with Crippen LogP contribution in [0.2, 0.25) is 0 Å². The van der Waals surface area contributed by atoms with Gasteiger partial charge in [0.25, 0.3) is 5.91 Å². The molecule has 4 N–H and O–H groups in total. The molecule has 0 unspecified atom stereocenters. The van der Waals surface area contributed by atoms with Crippen molar-refractivity contribution < 1.29 is 14.2 Å². The van der Waals surface area contributed by atoms with Crippen molar-refractivity contribution in [2.45, 2.75) is 26.4 Å². The van der Waals surface area contributed by atoms with E-state index in [4.69, 9.17) is 10.5 Å². The molecule has 0 aliphatic carbocycles. The number of benzene rings is 2. The third-order valence-corrected chi connectivity index (χ3v) is 4.94. The highest BCUT2D eigenvalue weighted by atomic mass is 16.6. The largest absolute Gasteiger partial charge is 0.489 e. The van der Waals surface area contributed by atoms with Crippen LogP contribution in [0.4, 0.5) is 5.82 Å². The SMILES string of the molecule is C=C(NNC(=O)c1nnn(-c2nonc2N)c1CCC)c1ccc(OCc2ccccc2)cc1. The molecule has 2 aromatic carbocycles. The molecule has 0 aliphatic heterocycles. The summed E-state index contributed by atoms with van der Waals surface area (Å²) in [5.74, 6) is 0.486. The molecule has 0 aliphatic rings. The predicted octanol–water partition coefficient (Wildman–Crippen LogP) is 2.67. The molecule has 0 bridgehead atoms. The first-order valence-electron chi connectivity index (χ1n) is 10.6. The lowest BCUT2D eigenvalue weighted by molar-refractivity contribution is 0.0936. The molecular formula is C23H24N8O3. The lowest BCUT2D eigenvalue weighted by atomic mass is 10.1. The lowest BCUT2D eigenvalue weighted by Crippen LogP contribution is -2.36. The summed E-state index contributed by atoms with van der Waals surface area (Å²) in [6.45, 7) is 6.42. The molecular weight excluding hydrogens is 436 g/mol. The van der Waals surface area contributed by atoms with Crippen LogP contribution in [0.5, 0.6) is 5.75 Å². The number of carbonyl (C=O) groups excluding carboxylic acids is 1. The van der Waals surface area contributed by atoms with E-state index in [0.717, 1.165) is 23.3 Å². The molecule has 0 radical (unpaired) electrons. The van der Waals surface area contributed by atoms with Crippen molar-refractivity contribution in [3.63, 3.8) is 0 Å². The maximum absolute atomic E-state index is 12.8. The number of aromatic nitrogens is 5. The van der Waals surface area contributed by atoms with Gasteiger partial charge in [-0.2, -0.15) is 4.68 Å². The summed E-state index contributed by atoms with van der Waals surface area (Å²) in [6.07, 6.45) is 1.27. The van der Waals surface area contributed by atoms with E-state index < -0.39 is 5.91 Å². The summed E-state index contributed by atoms with van der Waals surface area (Å²) < 4.78 is 11.8. The van der Waals surface area contributed by atoms with Gasteiger partial charge in [-0.25, -0.2) is 4.63 Å². The summed E-state index contributed by atoms with van der Waals surface area (Å²) in [7, 11) is 0. The van der Waals surface area contributed by atoms with Crippen LogP contribution in [0.3, 0.4) is 0 Å². The van der Waals surface area contributed by atoms with Crippen LogP contribution in [-0.4, -0.2) is 31.2 Å². The zero-order chi connectivity index (χ0) is 23.9. The fraction of sp³-hybridized carbons (Fsp3) is 0.174. The molecule has 2 aromatic heterocycles. The molecule has 0 spiro atoms. The Morgan fingerprint density at radius 1 is 1.12 bits per heavy atom. The Labute approximate surface area is 195 Å². The highest BCUT2D eigenvalue weighted by Crippen LogP contribution is 2.19. The van der Waals surface area contributed by atoms with Gasteiger partial charge in [0.2, 0.25) is 11.6 Å². The number of hydrogen-bond acceptors (Lipinski definition) is 9. The molecule has 4 aromatic rings. The van der Waals surface area contributed by atoms with Crippen LogP contribution >= 0.6 is 0 Å². The van der Waals surface area contributed by atoms with Gasteiger partial charge in [-0.05, 0) is 52.1 Å². The molecule has 0 fully saturated rings. The number of nitrogens with two attached hydrogens (primary N) is 1. The lowest BCUT2D eigenvalue weighted by Gasteiger charge is -2.12. The number of hydrogen-bond donors (Lipinski definition) is 3. The van der Waals surface area contributed by atoms with E-state index in [0.29, 0.717) is 24.4 Å². The van der Waals surface area contributed by atoms with Gasteiger partial charge in [-0.1, -0.05) is 55.5 Å². The summed E-state index contributed by atoms with van der Waals surface area (Å²) in [5, 5.41) is 15.3. The van der Waals surface area contributed by atoms with Gasteiger partial charge in [-0.3, -0.25) is 15.6 Å². The van der Waals surface area contributed by atoms with E-state index >= 15 is 0 Å². The minimum Gasteiger partial charge on any atom is -0.489 e. The molecule has 1 amide bonds. The average Bonchev–Trinajstić information content (AvgIpc) is 3.48. The normalized spacial score (nSPS) is 10.6. The average molecular weight is 460 g/mol. The maximum atomic E-state index is 12.8. The van der Waals surface area contributed by atoms with Crippen molar-refractivity contribution >= 4 is 17.4 Å². The molecule has 0 saturated heterocycles. The molecule has 2 heterocycles. The third-order valence-electron chi connectivity index (χ3n) is 4.94. The fourth-order valence-corrected chi connectivity index (χ4v) is 3.20. The topological polar surface area (TPSA) is 146 Å². The van der Waals surface area contributed by atoms with E-state index in [-0.39, 0.29) is 17.3 Å². The molecule has 11 heteroatoms. The molecule has 0 saturated carbocycles. The van der Waals surface area contributed by atoms with Gasteiger partial charge < -0.3 is 10.5 Å². The quantitative estimate of drug-likeness (QED) is 0.304. The van der Waals surface area contributed by atoms with Crippen LogP contribution < -0.4 is 21.3 Å². The van der Waals surface area contributed by atoms with Gasteiger partial charge in [-0.15, -0.1) is 5.10 Å². The van der Waals surface area contributed by atoms with E-state index in [1.165, 1.54) is 4.68 Å². The summed E-state index contributed by atoms with van der Waals surface area (Å²) in [6, 6.07) is 17.3. The zero-order valence-electron chi connectivity index (χ0n) is 18.6. The van der Waals surface area contributed by atoms with E-state index in [1.807, 2.05) is 61.5 Å². The number of carbonyl (C=O) groups is 1. The fourth-order valence-electron chi connectivity index (χ4n) is 3.20. The molecule has 34 heavy (non-hydrogen) atoms. The molecule has 174 valence electrons. The molecule has 4 rings (SSSR count). The Kier molecular flexibility index (Phi) is 6.82. The van der Waals surface area contributed by atoms with Gasteiger partial charge in [0, 0.05) is 0 Å². The van der Waals surface area contributed by atoms with Gasteiger partial charge in [0.05, 0.1) is 11.4 Å². The highest BCUT2D eigenvalue weighted by Gasteiger charge is 2.23. The van der Waals surface area contributed by atoms with E-state index in [9.17, 15) is 4.79 Å². The number of rotatable bonds is 10. The van der Waals surface area contributed by atoms with E-state index in [2.05, 4.69) is 42.7 Å².